The maximum Gasteiger partial charge on any atom is 0.293 e. The first kappa shape index (κ1) is 14.1. The zero-order valence-electron chi connectivity index (χ0n) is 12.1. The molecule has 0 unspecified atom stereocenters. The van der Waals surface area contributed by atoms with Crippen LogP contribution in [0.1, 0.15) is 52.4 Å². The summed E-state index contributed by atoms with van der Waals surface area (Å²) in [6.45, 7) is 4.92. The molecule has 1 aromatic heterocycles. The fourth-order valence-electron chi connectivity index (χ4n) is 2.99. The summed E-state index contributed by atoms with van der Waals surface area (Å²) in [5.41, 5.74) is 0.000631. The summed E-state index contributed by atoms with van der Waals surface area (Å²) in [6.07, 6.45) is 10.9. The molecule has 19 heavy (non-hydrogen) atoms. The van der Waals surface area contributed by atoms with Crippen LogP contribution in [0, 0.1) is 5.92 Å². The molecule has 1 aromatic rings. The van der Waals surface area contributed by atoms with E-state index >= 15 is 0 Å². The number of hydrogen-bond donors (Lipinski definition) is 1. The van der Waals surface area contributed by atoms with Crippen LogP contribution in [0.4, 0.5) is 5.82 Å². The van der Waals surface area contributed by atoms with E-state index in [0.29, 0.717) is 18.4 Å². The monoisotopic (exact) mass is 263 g/mol. The van der Waals surface area contributed by atoms with Gasteiger partial charge in [-0.05, 0) is 38.5 Å². The topological polar surface area (TPSA) is 46.9 Å². The van der Waals surface area contributed by atoms with Crippen molar-refractivity contribution >= 4 is 5.82 Å². The van der Waals surface area contributed by atoms with Gasteiger partial charge in [0.1, 0.15) is 0 Å². The van der Waals surface area contributed by atoms with Crippen molar-refractivity contribution in [1.29, 1.82) is 0 Å². The molecule has 1 heterocycles. The Hall–Kier alpha value is -1.32. The minimum absolute atomic E-state index is 0.000631. The van der Waals surface area contributed by atoms with Gasteiger partial charge in [-0.2, -0.15) is 0 Å². The Kier molecular flexibility index (Phi) is 5.00. The molecule has 2 rings (SSSR count). The van der Waals surface area contributed by atoms with Gasteiger partial charge < -0.3 is 9.88 Å². The van der Waals surface area contributed by atoms with Gasteiger partial charge in [0, 0.05) is 25.0 Å². The van der Waals surface area contributed by atoms with Gasteiger partial charge in [0.25, 0.3) is 5.56 Å². The molecular formula is C15H25N3O. The van der Waals surface area contributed by atoms with Crippen molar-refractivity contribution in [2.45, 2.75) is 65.0 Å². The maximum absolute atomic E-state index is 12.1. The van der Waals surface area contributed by atoms with E-state index in [1.54, 1.807) is 17.0 Å². The molecule has 1 aliphatic rings. The molecule has 1 saturated carbocycles. The largest absolute Gasteiger partial charge is 0.363 e. The number of rotatable bonds is 5. The molecule has 1 aliphatic carbocycles. The molecule has 1 fully saturated rings. The third-order valence-electron chi connectivity index (χ3n) is 4.14. The third kappa shape index (κ3) is 3.58. The predicted octanol–water partition coefficient (Wildman–Crippen LogP) is 3.03. The summed E-state index contributed by atoms with van der Waals surface area (Å²) >= 11 is 0. The fourth-order valence-corrected chi connectivity index (χ4v) is 2.99. The van der Waals surface area contributed by atoms with Crippen LogP contribution in [0.5, 0.6) is 0 Å². The summed E-state index contributed by atoms with van der Waals surface area (Å²) in [4.78, 5) is 16.3. The maximum atomic E-state index is 12.1. The van der Waals surface area contributed by atoms with Crippen molar-refractivity contribution in [1.82, 2.24) is 9.55 Å². The van der Waals surface area contributed by atoms with Crippen LogP contribution in [0.2, 0.25) is 0 Å². The van der Waals surface area contributed by atoms with Gasteiger partial charge in [0.2, 0.25) is 0 Å². The summed E-state index contributed by atoms with van der Waals surface area (Å²) in [5, 5.41) is 3.34. The molecule has 0 atom stereocenters. The Morgan fingerprint density at radius 1 is 1.32 bits per heavy atom. The lowest BCUT2D eigenvalue weighted by Crippen LogP contribution is -2.31. The molecule has 4 nitrogen and oxygen atoms in total. The minimum Gasteiger partial charge on any atom is -0.363 e. The molecule has 4 heteroatoms. The number of anilines is 1. The van der Waals surface area contributed by atoms with Crippen LogP contribution in [-0.4, -0.2) is 15.6 Å². The molecular weight excluding hydrogens is 238 g/mol. The van der Waals surface area contributed by atoms with E-state index in [1.807, 2.05) is 6.92 Å². The Morgan fingerprint density at radius 2 is 2.05 bits per heavy atom. The molecule has 106 valence electrons. The summed E-state index contributed by atoms with van der Waals surface area (Å²) in [6, 6.07) is 0.418. The third-order valence-corrected chi connectivity index (χ3v) is 4.14. The van der Waals surface area contributed by atoms with Gasteiger partial charge in [-0.25, -0.2) is 4.98 Å². The molecule has 0 saturated heterocycles. The molecule has 0 aromatic carbocycles. The number of nitrogens with one attached hydrogen (secondary N) is 1. The number of aryl methyl sites for hydroxylation is 1. The average molecular weight is 263 g/mol. The van der Waals surface area contributed by atoms with Crippen LogP contribution < -0.4 is 10.9 Å². The standard InChI is InChI=1S/C15H25N3O/c1-3-5-12-6-8-13(9-7-12)17-14-15(19)18(4-2)11-10-16-14/h10-13H,3-9H2,1-2H3,(H,16,17). The van der Waals surface area contributed by atoms with Gasteiger partial charge in [0.15, 0.2) is 5.82 Å². The van der Waals surface area contributed by atoms with Gasteiger partial charge in [-0.3, -0.25) is 4.79 Å². The van der Waals surface area contributed by atoms with E-state index in [1.165, 1.54) is 25.7 Å². The smallest absolute Gasteiger partial charge is 0.293 e. The van der Waals surface area contributed by atoms with Gasteiger partial charge >= 0.3 is 0 Å². The summed E-state index contributed by atoms with van der Waals surface area (Å²) in [7, 11) is 0. The second kappa shape index (κ2) is 6.73. The molecule has 0 radical (unpaired) electrons. The SMILES string of the molecule is CCCC1CCC(Nc2nccn(CC)c2=O)CC1. The van der Waals surface area contributed by atoms with Gasteiger partial charge in [0.05, 0.1) is 0 Å². The second-order valence-corrected chi connectivity index (χ2v) is 5.52. The highest BCUT2D eigenvalue weighted by atomic mass is 16.1. The minimum atomic E-state index is 0.000631. The number of nitrogens with zero attached hydrogens (tertiary/aromatic N) is 2. The van der Waals surface area contributed by atoms with Crippen molar-refractivity contribution in [3.8, 4) is 0 Å². The van der Waals surface area contributed by atoms with Gasteiger partial charge in [-0.15, -0.1) is 0 Å². The molecule has 0 bridgehead atoms. The van der Waals surface area contributed by atoms with Crippen molar-refractivity contribution < 1.29 is 0 Å². The molecule has 0 amide bonds. The van der Waals surface area contributed by atoms with Crippen LogP contribution in [0.25, 0.3) is 0 Å². The quantitative estimate of drug-likeness (QED) is 0.888. The van der Waals surface area contributed by atoms with Crippen LogP contribution in [0.15, 0.2) is 17.2 Å². The Balaban J connectivity index is 1.94. The Bertz CT molecular complexity index is 447. The van der Waals surface area contributed by atoms with E-state index in [2.05, 4.69) is 17.2 Å². The highest BCUT2D eigenvalue weighted by Gasteiger charge is 2.21. The molecule has 1 N–H and O–H groups in total. The fraction of sp³-hybridized carbons (Fsp3) is 0.733. The van der Waals surface area contributed by atoms with Crippen LogP contribution >= 0.6 is 0 Å². The Morgan fingerprint density at radius 3 is 2.68 bits per heavy atom. The van der Waals surface area contributed by atoms with E-state index in [-0.39, 0.29) is 5.56 Å². The first-order valence-corrected chi connectivity index (χ1v) is 7.56. The van der Waals surface area contributed by atoms with Crippen LogP contribution in [0.3, 0.4) is 0 Å². The average Bonchev–Trinajstić information content (AvgIpc) is 2.43. The van der Waals surface area contributed by atoms with Gasteiger partial charge in [-0.1, -0.05) is 19.8 Å². The highest BCUT2D eigenvalue weighted by molar-refractivity contribution is 5.32. The summed E-state index contributed by atoms with van der Waals surface area (Å²) < 4.78 is 1.69. The lowest BCUT2D eigenvalue weighted by molar-refractivity contribution is 0.318. The van der Waals surface area contributed by atoms with E-state index in [4.69, 9.17) is 0 Å². The second-order valence-electron chi connectivity index (χ2n) is 5.52. The van der Waals surface area contributed by atoms with Crippen molar-refractivity contribution in [2.75, 3.05) is 5.32 Å². The first-order chi connectivity index (χ1) is 9.24. The highest BCUT2D eigenvalue weighted by Crippen LogP contribution is 2.28. The Labute approximate surface area is 115 Å². The molecule has 0 aliphatic heterocycles. The zero-order valence-corrected chi connectivity index (χ0v) is 12.1. The molecule has 0 spiro atoms. The first-order valence-electron chi connectivity index (χ1n) is 7.56. The normalized spacial score (nSPS) is 23.3. The predicted molar refractivity (Wildman–Crippen MR) is 78.4 cm³/mol. The van der Waals surface area contributed by atoms with Crippen molar-refractivity contribution in [3.05, 3.63) is 22.7 Å². The number of hydrogen-bond acceptors (Lipinski definition) is 3. The van der Waals surface area contributed by atoms with Crippen LogP contribution in [-0.2, 0) is 6.54 Å². The van der Waals surface area contributed by atoms with E-state index in [0.717, 1.165) is 18.8 Å². The lowest BCUT2D eigenvalue weighted by Gasteiger charge is -2.29. The lowest BCUT2D eigenvalue weighted by atomic mass is 9.83. The van der Waals surface area contributed by atoms with E-state index < -0.39 is 0 Å². The van der Waals surface area contributed by atoms with E-state index in [9.17, 15) is 4.79 Å². The summed E-state index contributed by atoms with van der Waals surface area (Å²) in [5.74, 6) is 1.40. The number of aromatic nitrogens is 2. The van der Waals surface area contributed by atoms with Crippen molar-refractivity contribution in [2.24, 2.45) is 5.92 Å². The zero-order chi connectivity index (χ0) is 13.7. The van der Waals surface area contributed by atoms with Crippen molar-refractivity contribution in [3.63, 3.8) is 0 Å².